The van der Waals surface area contributed by atoms with E-state index in [-0.39, 0.29) is 5.56 Å². The van der Waals surface area contributed by atoms with Gasteiger partial charge in [-0.05, 0) is 32.0 Å². The zero-order valence-electron chi connectivity index (χ0n) is 16.8. The lowest BCUT2D eigenvalue weighted by atomic mass is 10.0. The summed E-state index contributed by atoms with van der Waals surface area (Å²) in [7, 11) is 3.05. The number of carbonyl (C=O) groups is 1. The van der Waals surface area contributed by atoms with Crippen molar-refractivity contribution < 1.29 is 14.3 Å². The molecular formula is C22H23N3O4. The van der Waals surface area contributed by atoms with Crippen LogP contribution in [0.5, 0.6) is 11.5 Å². The molecule has 1 heterocycles. The van der Waals surface area contributed by atoms with Gasteiger partial charge < -0.3 is 14.8 Å². The highest BCUT2D eigenvalue weighted by Gasteiger charge is 2.33. The Hall–Kier alpha value is -3.61. The van der Waals surface area contributed by atoms with Gasteiger partial charge in [-0.2, -0.15) is 5.10 Å². The fourth-order valence-electron chi connectivity index (χ4n) is 2.86. The molecule has 7 nitrogen and oxygen atoms in total. The van der Waals surface area contributed by atoms with Crippen molar-refractivity contribution >= 4 is 11.6 Å². The van der Waals surface area contributed by atoms with Gasteiger partial charge in [0.05, 0.1) is 25.6 Å². The molecule has 0 saturated carbocycles. The molecule has 0 unspecified atom stereocenters. The summed E-state index contributed by atoms with van der Waals surface area (Å²) in [6.45, 7) is 3.27. The molecule has 150 valence electrons. The lowest BCUT2D eigenvalue weighted by Gasteiger charge is -2.26. The molecule has 2 aromatic carbocycles. The Balaban J connectivity index is 1.97. The minimum absolute atomic E-state index is 0.373. The molecule has 0 aliphatic rings. The fourth-order valence-corrected chi connectivity index (χ4v) is 2.86. The highest BCUT2D eigenvalue weighted by Crippen LogP contribution is 2.30. The Morgan fingerprint density at radius 1 is 1.00 bits per heavy atom. The number of hydrogen-bond donors (Lipinski definition) is 1. The number of methoxy groups -OCH3 is 2. The van der Waals surface area contributed by atoms with Gasteiger partial charge in [0.1, 0.15) is 17.0 Å². The summed E-state index contributed by atoms with van der Waals surface area (Å²) in [6, 6.07) is 17.6. The smallest absolute Gasteiger partial charge is 0.267 e. The van der Waals surface area contributed by atoms with Crippen molar-refractivity contribution in [1.29, 1.82) is 0 Å². The van der Waals surface area contributed by atoms with Crippen molar-refractivity contribution in [2.45, 2.75) is 19.4 Å². The molecule has 0 saturated heterocycles. The first kappa shape index (κ1) is 20.1. The predicted octanol–water partition coefficient (Wildman–Crippen LogP) is 3.30. The molecule has 0 aliphatic carbocycles. The number of aromatic nitrogens is 2. The minimum Gasteiger partial charge on any atom is -0.497 e. The Labute approximate surface area is 168 Å². The molecule has 0 fully saturated rings. The largest absolute Gasteiger partial charge is 0.497 e. The van der Waals surface area contributed by atoms with Gasteiger partial charge in [0.15, 0.2) is 0 Å². The van der Waals surface area contributed by atoms with Gasteiger partial charge in [-0.15, -0.1) is 0 Å². The first-order valence-electron chi connectivity index (χ1n) is 9.06. The zero-order chi connectivity index (χ0) is 21.0. The second-order valence-corrected chi connectivity index (χ2v) is 6.91. The summed E-state index contributed by atoms with van der Waals surface area (Å²) in [6.07, 6.45) is 0. The molecule has 0 bridgehead atoms. The molecule has 0 aliphatic heterocycles. The van der Waals surface area contributed by atoms with E-state index in [1.807, 2.05) is 30.3 Å². The molecule has 1 N–H and O–H groups in total. The maximum Gasteiger partial charge on any atom is 0.267 e. The van der Waals surface area contributed by atoms with Crippen LogP contribution in [0.1, 0.15) is 13.8 Å². The Morgan fingerprint density at radius 2 is 1.72 bits per heavy atom. The predicted molar refractivity (Wildman–Crippen MR) is 111 cm³/mol. The second-order valence-electron chi connectivity index (χ2n) is 6.91. The molecule has 3 aromatic rings. The molecular weight excluding hydrogens is 370 g/mol. The topological polar surface area (TPSA) is 82.4 Å². The van der Waals surface area contributed by atoms with E-state index in [1.165, 1.54) is 25.0 Å². The number of ether oxygens (including phenoxy) is 2. The van der Waals surface area contributed by atoms with Gasteiger partial charge in [0.2, 0.25) is 0 Å². The van der Waals surface area contributed by atoms with E-state index < -0.39 is 11.4 Å². The summed E-state index contributed by atoms with van der Waals surface area (Å²) < 4.78 is 11.7. The van der Waals surface area contributed by atoms with Crippen LogP contribution in [0.2, 0.25) is 0 Å². The monoisotopic (exact) mass is 393 g/mol. The number of anilines is 1. The van der Waals surface area contributed by atoms with E-state index in [2.05, 4.69) is 10.4 Å². The third kappa shape index (κ3) is 4.13. The van der Waals surface area contributed by atoms with Crippen LogP contribution < -0.4 is 20.3 Å². The third-order valence-electron chi connectivity index (χ3n) is 4.61. The average molecular weight is 393 g/mol. The molecule has 7 heteroatoms. The number of benzene rings is 2. The van der Waals surface area contributed by atoms with E-state index in [9.17, 15) is 9.59 Å². The summed E-state index contributed by atoms with van der Waals surface area (Å²) >= 11 is 0. The molecule has 1 amide bonds. The average Bonchev–Trinajstić information content (AvgIpc) is 2.74. The number of nitrogens with zero attached hydrogens (tertiary/aromatic N) is 2. The van der Waals surface area contributed by atoms with Crippen LogP contribution in [-0.4, -0.2) is 29.9 Å². The SMILES string of the molecule is COc1ccc(OC)c(NC(=O)C(C)(C)n2nc(-c3ccccc3)ccc2=O)c1. The van der Waals surface area contributed by atoms with E-state index in [0.29, 0.717) is 22.9 Å². The van der Waals surface area contributed by atoms with Crippen LogP contribution in [0.3, 0.4) is 0 Å². The fraction of sp³-hybridized carbons (Fsp3) is 0.227. The molecule has 3 rings (SSSR count). The van der Waals surface area contributed by atoms with Gasteiger partial charge in [-0.3, -0.25) is 9.59 Å². The van der Waals surface area contributed by atoms with Crippen LogP contribution in [0.4, 0.5) is 5.69 Å². The van der Waals surface area contributed by atoms with Gasteiger partial charge in [0, 0.05) is 17.7 Å². The molecule has 0 spiro atoms. The minimum atomic E-state index is -1.25. The summed E-state index contributed by atoms with van der Waals surface area (Å²) in [4.78, 5) is 25.6. The summed E-state index contributed by atoms with van der Waals surface area (Å²) in [5, 5.41) is 7.26. The summed E-state index contributed by atoms with van der Waals surface area (Å²) in [5.74, 6) is 0.637. The van der Waals surface area contributed by atoms with Crippen molar-refractivity contribution in [3.63, 3.8) is 0 Å². The van der Waals surface area contributed by atoms with Gasteiger partial charge in [0.25, 0.3) is 11.5 Å². The molecule has 0 atom stereocenters. The Kier molecular flexibility index (Phi) is 5.68. The highest BCUT2D eigenvalue weighted by molar-refractivity contribution is 5.97. The Morgan fingerprint density at radius 3 is 2.38 bits per heavy atom. The van der Waals surface area contributed by atoms with Crippen molar-refractivity contribution in [2.75, 3.05) is 19.5 Å². The van der Waals surface area contributed by atoms with Crippen LogP contribution in [0.15, 0.2) is 65.5 Å². The normalized spacial score (nSPS) is 11.0. The van der Waals surface area contributed by atoms with Crippen LogP contribution in [-0.2, 0) is 10.3 Å². The summed E-state index contributed by atoms with van der Waals surface area (Å²) in [5.41, 5.74) is 0.271. The molecule has 29 heavy (non-hydrogen) atoms. The van der Waals surface area contributed by atoms with Crippen LogP contribution in [0, 0.1) is 0 Å². The van der Waals surface area contributed by atoms with Crippen LogP contribution >= 0.6 is 0 Å². The van der Waals surface area contributed by atoms with Crippen molar-refractivity contribution in [2.24, 2.45) is 0 Å². The zero-order valence-corrected chi connectivity index (χ0v) is 16.8. The standard InChI is InChI=1S/C22H23N3O4/c1-22(2,21(27)23-18-14-16(28-3)10-12-19(18)29-4)25-20(26)13-11-17(24-25)15-8-6-5-7-9-15/h5-14H,1-4H3,(H,23,27). The van der Waals surface area contributed by atoms with Crippen molar-refractivity contribution in [3.05, 3.63) is 71.0 Å². The number of hydrogen-bond acceptors (Lipinski definition) is 5. The third-order valence-corrected chi connectivity index (χ3v) is 4.61. The number of rotatable bonds is 6. The van der Waals surface area contributed by atoms with Crippen LogP contribution in [0.25, 0.3) is 11.3 Å². The Bertz CT molecular complexity index is 1070. The maximum atomic E-state index is 13.1. The van der Waals surface area contributed by atoms with Gasteiger partial charge in [-0.25, -0.2) is 4.68 Å². The molecule has 0 radical (unpaired) electrons. The van der Waals surface area contributed by atoms with E-state index in [1.54, 1.807) is 38.1 Å². The molecule has 1 aromatic heterocycles. The van der Waals surface area contributed by atoms with E-state index >= 15 is 0 Å². The number of amides is 1. The first-order chi connectivity index (χ1) is 13.9. The number of carbonyl (C=O) groups excluding carboxylic acids is 1. The van der Waals surface area contributed by atoms with Gasteiger partial charge >= 0.3 is 0 Å². The van der Waals surface area contributed by atoms with Crippen molar-refractivity contribution in [3.8, 4) is 22.8 Å². The lowest BCUT2D eigenvalue weighted by Crippen LogP contribution is -2.47. The lowest BCUT2D eigenvalue weighted by molar-refractivity contribution is -0.123. The van der Waals surface area contributed by atoms with E-state index in [0.717, 1.165) is 5.56 Å². The quantitative estimate of drug-likeness (QED) is 0.695. The first-order valence-corrected chi connectivity index (χ1v) is 9.06. The van der Waals surface area contributed by atoms with Gasteiger partial charge in [-0.1, -0.05) is 30.3 Å². The van der Waals surface area contributed by atoms with Crippen molar-refractivity contribution in [1.82, 2.24) is 9.78 Å². The maximum absolute atomic E-state index is 13.1. The highest BCUT2D eigenvalue weighted by atomic mass is 16.5. The van der Waals surface area contributed by atoms with E-state index in [4.69, 9.17) is 9.47 Å². The number of nitrogens with one attached hydrogen (secondary N) is 1. The second kappa shape index (κ2) is 8.18.